The molecule has 1 rings (SSSR count). The number of hydrogen-bond donors (Lipinski definition) is 2. The van der Waals surface area contributed by atoms with Crippen molar-refractivity contribution in [1.29, 1.82) is 0 Å². The van der Waals surface area contributed by atoms with E-state index in [1.807, 2.05) is 32.6 Å². The molecule has 0 unspecified atom stereocenters. The number of nitrogens with one attached hydrogen (secondary N) is 1. The van der Waals surface area contributed by atoms with E-state index in [0.717, 1.165) is 25.9 Å². The number of carboxylic acid groups (broad SMARTS) is 1. The third-order valence-electron chi connectivity index (χ3n) is 3.90. The van der Waals surface area contributed by atoms with Crippen molar-refractivity contribution in [3.63, 3.8) is 0 Å². The number of aliphatic carboxylic acids is 1. The first kappa shape index (κ1) is 17.0. The molecule has 1 amide bonds. The summed E-state index contributed by atoms with van der Waals surface area (Å²) in [6.07, 6.45) is 2.67. The maximum Gasteiger partial charge on any atom is 0.320 e. The molecule has 0 aromatic carbocycles. The topological polar surface area (TPSA) is 69.6 Å². The summed E-state index contributed by atoms with van der Waals surface area (Å²) >= 11 is 0. The third kappa shape index (κ3) is 4.78. The van der Waals surface area contributed by atoms with E-state index < -0.39 is 12.0 Å². The molecule has 1 heterocycles. The van der Waals surface area contributed by atoms with Gasteiger partial charge in [0.2, 0.25) is 5.91 Å². The smallest absolute Gasteiger partial charge is 0.320 e. The number of carbonyl (C=O) groups excluding carboxylic acids is 1. The first-order valence-electron chi connectivity index (χ1n) is 7.50. The normalized spacial score (nSPS) is 22.3. The van der Waals surface area contributed by atoms with Gasteiger partial charge in [0, 0.05) is 18.5 Å². The number of hydrogen-bond acceptors (Lipinski definition) is 3. The molecule has 5 nitrogen and oxygen atoms in total. The number of carboxylic acids is 1. The molecule has 0 spiro atoms. The largest absolute Gasteiger partial charge is 0.480 e. The van der Waals surface area contributed by atoms with Crippen LogP contribution < -0.4 is 5.32 Å². The van der Waals surface area contributed by atoms with E-state index in [0.29, 0.717) is 18.9 Å². The standard InChI is InChI=1S/C15H28N2O3/c1-5-12(13(18)19)17-8-6-7-11(10-17)9-16-14(20)15(2,3)4/h11-12H,5-10H2,1-4H3,(H,16,20)(H,18,19)/t11-,12-/m1/s1. The van der Waals surface area contributed by atoms with Gasteiger partial charge in [-0.25, -0.2) is 0 Å². The van der Waals surface area contributed by atoms with Gasteiger partial charge in [0.1, 0.15) is 6.04 Å². The van der Waals surface area contributed by atoms with Crippen LogP contribution in [0.2, 0.25) is 0 Å². The lowest BCUT2D eigenvalue weighted by Crippen LogP contribution is -2.49. The van der Waals surface area contributed by atoms with Crippen molar-refractivity contribution in [2.75, 3.05) is 19.6 Å². The van der Waals surface area contributed by atoms with Crippen molar-refractivity contribution < 1.29 is 14.7 Å². The number of likely N-dealkylation sites (tertiary alicyclic amines) is 1. The number of piperidine rings is 1. The van der Waals surface area contributed by atoms with E-state index in [4.69, 9.17) is 0 Å². The summed E-state index contributed by atoms with van der Waals surface area (Å²) in [7, 11) is 0. The van der Waals surface area contributed by atoms with Crippen LogP contribution in [0.3, 0.4) is 0 Å². The second-order valence-corrected chi connectivity index (χ2v) is 6.73. The Morgan fingerprint density at radius 2 is 2.05 bits per heavy atom. The van der Waals surface area contributed by atoms with E-state index in [1.54, 1.807) is 0 Å². The maximum absolute atomic E-state index is 11.9. The number of amides is 1. The molecule has 0 aromatic rings. The highest BCUT2D eigenvalue weighted by molar-refractivity contribution is 5.81. The molecule has 0 radical (unpaired) electrons. The molecule has 5 heteroatoms. The summed E-state index contributed by atoms with van der Waals surface area (Å²) in [4.78, 5) is 25.1. The number of rotatable bonds is 5. The fraction of sp³-hybridized carbons (Fsp3) is 0.867. The highest BCUT2D eigenvalue weighted by Crippen LogP contribution is 2.20. The molecule has 20 heavy (non-hydrogen) atoms. The highest BCUT2D eigenvalue weighted by atomic mass is 16.4. The molecule has 2 atom stereocenters. The Morgan fingerprint density at radius 1 is 1.40 bits per heavy atom. The SMILES string of the molecule is CC[C@H](C(=O)O)N1CCC[C@H](CNC(=O)C(C)(C)C)C1. The first-order valence-corrected chi connectivity index (χ1v) is 7.50. The van der Waals surface area contributed by atoms with Gasteiger partial charge < -0.3 is 10.4 Å². The lowest BCUT2D eigenvalue weighted by Gasteiger charge is -2.36. The minimum atomic E-state index is -0.744. The zero-order chi connectivity index (χ0) is 15.3. The van der Waals surface area contributed by atoms with Crippen LogP contribution >= 0.6 is 0 Å². The van der Waals surface area contributed by atoms with E-state index in [2.05, 4.69) is 5.32 Å². The second kappa shape index (κ2) is 7.07. The van der Waals surface area contributed by atoms with Gasteiger partial charge in [-0.3, -0.25) is 14.5 Å². The summed E-state index contributed by atoms with van der Waals surface area (Å²) in [6.45, 7) is 9.84. The van der Waals surface area contributed by atoms with E-state index in [1.165, 1.54) is 0 Å². The van der Waals surface area contributed by atoms with Crippen LogP contribution in [0.4, 0.5) is 0 Å². The Kier molecular flexibility index (Phi) is 5.99. The zero-order valence-electron chi connectivity index (χ0n) is 13.1. The summed E-state index contributed by atoms with van der Waals surface area (Å²) in [6, 6.07) is -0.392. The molecular weight excluding hydrogens is 256 g/mol. The molecule has 1 saturated heterocycles. The quantitative estimate of drug-likeness (QED) is 0.806. The van der Waals surface area contributed by atoms with Crippen molar-refractivity contribution in [2.24, 2.45) is 11.3 Å². The van der Waals surface area contributed by atoms with Crippen LogP contribution in [-0.4, -0.2) is 47.6 Å². The highest BCUT2D eigenvalue weighted by Gasteiger charge is 2.30. The minimum absolute atomic E-state index is 0.0555. The van der Waals surface area contributed by atoms with Crippen LogP contribution in [0, 0.1) is 11.3 Å². The van der Waals surface area contributed by atoms with Gasteiger partial charge in [-0.15, -0.1) is 0 Å². The number of carbonyl (C=O) groups is 2. The Bertz CT molecular complexity index is 350. The predicted octanol–water partition coefficient (Wildman–Crippen LogP) is 1.72. The fourth-order valence-corrected chi connectivity index (χ4v) is 2.64. The van der Waals surface area contributed by atoms with Gasteiger partial charge >= 0.3 is 5.97 Å². The molecule has 1 fully saturated rings. The minimum Gasteiger partial charge on any atom is -0.480 e. The van der Waals surface area contributed by atoms with Crippen LogP contribution in [-0.2, 0) is 9.59 Å². The molecule has 0 bridgehead atoms. The molecule has 116 valence electrons. The van der Waals surface area contributed by atoms with Gasteiger partial charge in [0.25, 0.3) is 0 Å². The Balaban J connectivity index is 2.49. The van der Waals surface area contributed by atoms with Crippen LogP contribution in [0.15, 0.2) is 0 Å². The summed E-state index contributed by atoms with van der Waals surface area (Å²) in [5, 5.41) is 12.2. The average molecular weight is 284 g/mol. The zero-order valence-corrected chi connectivity index (χ0v) is 13.1. The lowest BCUT2D eigenvalue weighted by molar-refractivity contribution is -0.144. The van der Waals surface area contributed by atoms with Gasteiger partial charge in [-0.2, -0.15) is 0 Å². The van der Waals surface area contributed by atoms with Crippen molar-refractivity contribution in [3.05, 3.63) is 0 Å². The van der Waals surface area contributed by atoms with Gasteiger partial charge in [0.05, 0.1) is 0 Å². The summed E-state index contributed by atoms with van der Waals surface area (Å²) in [5.41, 5.74) is -0.374. The Morgan fingerprint density at radius 3 is 2.55 bits per heavy atom. The molecule has 0 aliphatic carbocycles. The molecule has 1 aliphatic rings. The van der Waals surface area contributed by atoms with Gasteiger partial charge in [-0.1, -0.05) is 27.7 Å². The second-order valence-electron chi connectivity index (χ2n) is 6.73. The number of nitrogens with zero attached hydrogens (tertiary/aromatic N) is 1. The summed E-state index contributed by atoms with van der Waals surface area (Å²) in [5.74, 6) is -0.338. The summed E-state index contributed by atoms with van der Waals surface area (Å²) < 4.78 is 0. The van der Waals surface area contributed by atoms with Gasteiger partial charge in [0.15, 0.2) is 0 Å². The predicted molar refractivity (Wildman–Crippen MR) is 78.5 cm³/mol. The molecule has 2 N–H and O–H groups in total. The Hall–Kier alpha value is -1.10. The van der Waals surface area contributed by atoms with Gasteiger partial charge in [-0.05, 0) is 31.7 Å². The van der Waals surface area contributed by atoms with Crippen molar-refractivity contribution in [3.8, 4) is 0 Å². The van der Waals surface area contributed by atoms with Crippen LogP contribution in [0.5, 0.6) is 0 Å². The molecule has 1 aliphatic heterocycles. The van der Waals surface area contributed by atoms with E-state index in [9.17, 15) is 14.7 Å². The van der Waals surface area contributed by atoms with Crippen molar-refractivity contribution in [2.45, 2.75) is 53.0 Å². The average Bonchev–Trinajstić information content (AvgIpc) is 2.35. The van der Waals surface area contributed by atoms with Crippen molar-refractivity contribution in [1.82, 2.24) is 10.2 Å². The lowest BCUT2D eigenvalue weighted by atomic mass is 9.93. The molecule has 0 aromatic heterocycles. The van der Waals surface area contributed by atoms with E-state index in [-0.39, 0.29) is 11.3 Å². The molecule has 0 saturated carbocycles. The van der Waals surface area contributed by atoms with Crippen LogP contribution in [0.1, 0.15) is 47.0 Å². The molecular formula is C15H28N2O3. The Labute approximate surface area is 121 Å². The van der Waals surface area contributed by atoms with E-state index >= 15 is 0 Å². The third-order valence-corrected chi connectivity index (χ3v) is 3.90. The van der Waals surface area contributed by atoms with Crippen molar-refractivity contribution >= 4 is 11.9 Å². The maximum atomic E-state index is 11.9. The fourth-order valence-electron chi connectivity index (χ4n) is 2.64. The first-order chi connectivity index (χ1) is 9.25. The van der Waals surface area contributed by atoms with Crippen LogP contribution in [0.25, 0.3) is 0 Å². The monoisotopic (exact) mass is 284 g/mol.